The first-order valence-corrected chi connectivity index (χ1v) is 12.6. The van der Waals surface area contributed by atoms with Crippen molar-refractivity contribution < 1.29 is 9.59 Å². The summed E-state index contributed by atoms with van der Waals surface area (Å²) in [7, 11) is 0. The van der Waals surface area contributed by atoms with Gasteiger partial charge in [-0.25, -0.2) is 0 Å². The zero-order valence-corrected chi connectivity index (χ0v) is 20.6. The Morgan fingerprint density at radius 3 is 2.37 bits per heavy atom. The van der Waals surface area contributed by atoms with Gasteiger partial charge in [0.05, 0.1) is 6.54 Å². The third-order valence-corrected chi connectivity index (χ3v) is 6.40. The van der Waals surface area contributed by atoms with E-state index in [1.807, 2.05) is 65.6 Å². The lowest BCUT2D eigenvalue weighted by atomic mass is 10.2. The van der Waals surface area contributed by atoms with Crippen LogP contribution in [-0.4, -0.2) is 45.3 Å². The van der Waals surface area contributed by atoms with Crippen LogP contribution in [0.15, 0.2) is 85.1 Å². The first-order chi connectivity index (χ1) is 17.1. The van der Waals surface area contributed by atoms with Gasteiger partial charge in [0.25, 0.3) is 0 Å². The zero-order chi connectivity index (χ0) is 24.5. The molecule has 1 saturated carbocycles. The number of carbonyl (C=O) groups excluding carboxylic acids is 2. The summed E-state index contributed by atoms with van der Waals surface area (Å²) in [5.74, 6) is -0.0867. The second-order valence-electron chi connectivity index (χ2n) is 9.22. The highest BCUT2D eigenvalue weighted by atomic mass is 16.2. The van der Waals surface area contributed by atoms with Crippen molar-refractivity contribution in [3.05, 3.63) is 102 Å². The fraction of sp³-hybridized carbons (Fsp3) is 0.333. The molecule has 5 nitrogen and oxygen atoms in total. The van der Waals surface area contributed by atoms with Crippen molar-refractivity contribution in [3.63, 3.8) is 0 Å². The molecule has 2 aromatic carbocycles. The van der Waals surface area contributed by atoms with E-state index in [4.69, 9.17) is 0 Å². The van der Waals surface area contributed by atoms with Crippen molar-refractivity contribution in [1.29, 1.82) is 0 Å². The van der Waals surface area contributed by atoms with Gasteiger partial charge in [-0.3, -0.25) is 9.59 Å². The van der Waals surface area contributed by atoms with E-state index in [0.29, 0.717) is 13.1 Å². The molecule has 0 radical (unpaired) electrons. The molecule has 0 bridgehead atoms. The molecule has 1 aromatic heterocycles. The maximum Gasteiger partial charge on any atom is 0.247 e. The monoisotopic (exact) mass is 469 g/mol. The van der Waals surface area contributed by atoms with Gasteiger partial charge in [-0.15, -0.1) is 0 Å². The van der Waals surface area contributed by atoms with E-state index in [2.05, 4.69) is 35.9 Å². The predicted molar refractivity (Wildman–Crippen MR) is 141 cm³/mol. The van der Waals surface area contributed by atoms with Crippen LogP contribution in [0.5, 0.6) is 0 Å². The van der Waals surface area contributed by atoms with E-state index >= 15 is 0 Å². The van der Waals surface area contributed by atoms with Gasteiger partial charge >= 0.3 is 0 Å². The van der Waals surface area contributed by atoms with Gasteiger partial charge < -0.3 is 14.4 Å². The number of hydrogen-bond donors (Lipinski definition) is 0. The minimum absolute atomic E-state index is 0.0255. The van der Waals surface area contributed by atoms with Crippen LogP contribution < -0.4 is 0 Å². The summed E-state index contributed by atoms with van der Waals surface area (Å²) in [5.41, 5.74) is 3.32. The number of aromatic nitrogens is 1. The maximum absolute atomic E-state index is 13.5. The topological polar surface area (TPSA) is 45.6 Å². The summed E-state index contributed by atoms with van der Waals surface area (Å²) in [6, 6.07) is 24.5. The molecule has 0 unspecified atom stereocenters. The number of hydrogen-bond acceptors (Lipinski definition) is 2. The molecule has 0 atom stereocenters. The fourth-order valence-corrected chi connectivity index (χ4v) is 4.22. The number of unbranched alkanes of at least 4 members (excludes halogenated alkanes) is 1. The molecule has 0 saturated heterocycles. The summed E-state index contributed by atoms with van der Waals surface area (Å²) in [5, 5.41) is 0. The highest BCUT2D eigenvalue weighted by Crippen LogP contribution is 2.29. The Balaban J connectivity index is 1.44. The van der Waals surface area contributed by atoms with Crippen LogP contribution in [0.2, 0.25) is 0 Å². The van der Waals surface area contributed by atoms with Crippen molar-refractivity contribution in [2.75, 3.05) is 13.1 Å². The van der Waals surface area contributed by atoms with Crippen molar-refractivity contribution in [1.82, 2.24) is 14.4 Å². The molecule has 0 N–H and O–H groups in total. The Bertz CT molecular complexity index is 1120. The van der Waals surface area contributed by atoms with Gasteiger partial charge in [-0.2, -0.15) is 0 Å². The van der Waals surface area contributed by atoms with Crippen molar-refractivity contribution in [2.45, 2.75) is 51.7 Å². The van der Waals surface area contributed by atoms with Gasteiger partial charge in [0.15, 0.2) is 0 Å². The number of nitrogens with zero attached hydrogens (tertiary/aromatic N) is 3. The zero-order valence-electron chi connectivity index (χ0n) is 20.6. The average Bonchev–Trinajstić information content (AvgIpc) is 3.64. The van der Waals surface area contributed by atoms with Gasteiger partial charge in [0.1, 0.15) is 6.54 Å². The van der Waals surface area contributed by atoms with E-state index in [-0.39, 0.29) is 24.4 Å². The van der Waals surface area contributed by atoms with E-state index in [9.17, 15) is 9.59 Å². The van der Waals surface area contributed by atoms with E-state index in [1.165, 1.54) is 5.56 Å². The van der Waals surface area contributed by atoms with Gasteiger partial charge in [0.2, 0.25) is 11.8 Å². The summed E-state index contributed by atoms with van der Waals surface area (Å²) < 4.78 is 2.21. The minimum atomic E-state index is -0.112. The molecule has 35 heavy (non-hydrogen) atoms. The molecule has 3 aromatic rings. The number of rotatable bonds is 12. The van der Waals surface area contributed by atoms with Crippen LogP contribution in [0.1, 0.15) is 49.4 Å². The molecule has 5 heteroatoms. The minimum Gasteiger partial charge on any atom is -0.345 e. The summed E-state index contributed by atoms with van der Waals surface area (Å²) in [4.78, 5) is 30.2. The molecule has 4 rings (SSSR count). The van der Waals surface area contributed by atoms with Crippen LogP contribution in [0, 0.1) is 0 Å². The van der Waals surface area contributed by atoms with Crippen molar-refractivity contribution >= 4 is 17.9 Å². The lowest BCUT2D eigenvalue weighted by molar-refractivity contribution is -0.139. The maximum atomic E-state index is 13.5. The highest BCUT2D eigenvalue weighted by molar-refractivity contribution is 5.94. The fourth-order valence-electron chi connectivity index (χ4n) is 4.22. The third-order valence-electron chi connectivity index (χ3n) is 6.40. The molecule has 182 valence electrons. The smallest absolute Gasteiger partial charge is 0.247 e. The summed E-state index contributed by atoms with van der Waals surface area (Å²) in [6.07, 6.45) is 9.39. The summed E-state index contributed by atoms with van der Waals surface area (Å²) >= 11 is 0. The highest BCUT2D eigenvalue weighted by Gasteiger charge is 2.34. The van der Waals surface area contributed by atoms with E-state index in [1.54, 1.807) is 11.0 Å². The van der Waals surface area contributed by atoms with Crippen LogP contribution in [-0.2, 0) is 22.7 Å². The van der Waals surface area contributed by atoms with Crippen molar-refractivity contribution in [2.24, 2.45) is 0 Å². The molecule has 1 fully saturated rings. The predicted octanol–water partition coefficient (Wildman–Crippen LogP) is 5.37. The van der Waals surface area contributed by atoms with Crippen LogP contribution >= 0.6 is 0 Å². The largest absolute Gasteiger partial charge is 0.345 e. The third kappa shape index (κ3) is 7.19. The Morgan fingerprint density at radius 2 is 1.69 bits per heavy atom. The van der Waals surface area contributed by atoms with Gasteiger partial charge in [0, 0.05) is 37.1 Å². The second-order valence-corrected chi connectivity index (χ2v) is 9.22. The molecule has 0 spiro atoms. The summed E-state index contributed by atoms with van der Waals surface area (Å²) in [6.45, 7) is 4.15. The molecule has 1 aliphatic rings. The Kier molecular flexibility index (Phi) is 8.55. The lowest BCUT2D eigenvalue weighted by Gasteiger charge is -2.27. The van der Waals surface area contributed by atoms with E-state index < -0.39 is 0 Å². The van der Waals surface area contributed by atoms with Crippen LogP contribution in [0.4, 0.5) is 0 Å². The molecule has 2 amide bonds. The Labute approximate surface area is 208 Å². The van der Waals surface area contributed by atoms with Gasteiger partial charge in [-0.1, -0.05) is 74.0 Å². The molecule has 1 aliphatic carbocycles. The average molecular weight is 470 g/mol. The number of benzene rings is 2. The second kappa shape index (κ2) is 12.2. The van der Waals surface area contributed by atoms with Gasteiger partial charge in [-0.05, 0) is 48.6 Å². The quantitative estimate of drug-likeness (QED) is 0.335. The normalized spacial score (nSPS) is 13.2. The first kappa shape index (κ1) is 24.5. The SMILES string of the molecule is CCCCN(CC(=O)N(Cc1cccn1Cc1ccccc1)C1CC1)C(=O)/C=C/c1ccccc1. The lowest BCUT2D eigenvalue weighted by Crippen LogP contribution is -2.43. The standard InChI is InChI=1S/C30H35N3O2/c1-2-3-20-32(29(34)19-16-25-11-6-4-7-12-25)24-30(35)33(27-17-18-27)23-28-15-10-21-31(28)22-26-13-8-5-9-14-26/h4-16,19,21,27H,2-3,17-18,20,22-24H2,1H3/b19-16+. The number of carbonyl (C=O) groups is 2. The Morgan fingerprint density at radius 1 is 0.971 bits per heavy atom. The van der Waals surface area contributed by atoms with E-state index in [0.717, 1.165) is 43.5 Å². The van der Waals surface area contributed by atoms with Crippen LogP contribution in [0.3, 0.4) is 0 Å². The first-order valence-electron chi connectivity index (χ1n) is 12.6. The number of amides is 2. The Hall–Kier alpha value is -3.60. The van der Waals surface area contributed by atoms with Crippen molar-refractivity contribution in [3.8, 4) is 0 Å². The molecular formula is C30H35N3O2. The molecule has 1 heterocycles. The molecular weight excluding hydrogens is 434 g/mol. The van der Waals surface area contributed by atoms with Crippen LogP contribution in [0.25, 0.3) is 6.08 Å². The molecule has 0 aliphatic heterocycles.